The summed E-state index contributed by atoms with van der Waals surface area (Å²) in [6, 6.07) is 14.0. The highest BCUT2D eigenvalue weighted by molar-refractivity contribution is 5.93. The molecule has 0 atom stereocenters. The van der Waals surface area contributed by atoms with Crippen LogP contribution in [-0.2, 0) is 0 Å². The van der Waals surface area contributed by atoms with Gasteiger partial charge in [0, 0.05) is 17.0 Å². The molecular weight excluding hydrogens is 236 g/mol. The number of nitrogens with one attached hydrogen (secondary N) is 1. The lowest BCUT2D eigenvalue weighted by Crippen LogP contribution is -1.86. The molecule has 0 bridgehead atoms. The molecule has 0 saturated carbocycles. The average molecular weight is 246 g/mol. The van der Waals surface area contributed by atoms with Crippen molar-refractivity contribution in [2.24, 2.45) is 0 Å². The molecule has 0 fully saturated rings. The molecule has 4 nitrogen and oxygen atoms in total. The van der Waals surface area contributed by atoms with E-state index in [1.165, 1.54) is 0 Å². The number of benzene rings is 1. The van der Waals surface area contributed by atoms with Gasteiger partial charge in [-0.2, -0.15) is 5.10 Å². The quantitative estimate of drug-likeness (QED) is 0.561. The maximum Gasteiger partial charge on any atom is 0.118 e. The number of nitrogens with zero attached hydrogens (tertiary/aromatic N) is 3. The Morgan fingerprint density at radius 2 is 1.89 bits per heavy atom. The van der Waals surface area contributed by atoms with Crippen molar-refractivity contribution in [3.63, 3.8) is 0 Å². The molecule has 0 amide bonds. The minimum Gasteiger partial charge on any atom is -0.277 e. The molecule has 3 aromatic heterocycles. The average Bonchev–Trinajstić information content (AvgIpc) is 2.91. The minimum absolute atomic E-state index is 0.859. The number of para-hydroxylation sites is 1. The first kappa shape index (κ1) is 10.2. The zero-order valence-electron chi connectivity index (χ0n) is 10.0. The summed E-state index contributed by atoms with van der Waals surface area (Å²) >= 11 is 0. The lowest BCUT2D eigenvalue weighted by Gasteiger charge is -2.00. The molecule has 1 aromatic carbocycles. The molecule has 3 heterocycles. The Bertz CT molecular complexity index is 879. The predicted molar refractivity (Wildman–Crippen MR) is 74.6 cm³/mol. The lowest BCUT2D eigenvalue weighted by atomic mass is 10.1. The van der Waals surface area contributed by atoms with Gasteiger partial charge in [-0.1, -0.05) is 24.3 Å². The summed E-state index contributed by atoms with van der Waals surface area (Å²) in [5.41, 5.74) is 3.64. The van der Waals surface area contributed by atoms with Gasteiger partial charge in [-0.05, 0) is 18.2 Å². The van der Waals surface area contributed by atoms with Gasteiger partial charge in [0.15, 0.2) is 0 Å². The molecule has 1 N–H and O–H groups in total. The van der Waals surface area contributed by atoms with E-state index < -0.39 is 0 Å². The molecule has 0 unspecified atom stereocenters. The van der Waals surface area contributed by atoms with Gasteiger partial charge in [-0.3, -0.25) is 10.1 Å². The second-order valence-electron chi connectivity index (χ2n) is 4.38. The highest BCUT2D eigenvalue weighted by atomic mass is 15.1. The van der Waals surface area contributed by atoms with E-state index in [0.29, 0.717) is 0 Å². The van der Waals surface area contributed by atoms with Crippen molar-refractivity contribution in [3.8, 4) is 11.4 Å². The second kappa shape index (κ2) is 3.88. The van der Waals surface area contributed by atoms with Crippen molar-refractivity contribution in [2.45, 2.75) is 0 Å². The van der Waals surface area contributed by atoms with E-state index in [9.17, 15) is 0 Å². The number of rotatable bonds is 1. The Morgan fingerprint density at radius 1 is 0.947 bits per heavy atom. The number of hydrogen-bond donors (Lipinski definition) is 1. The zero-order chi connectivity index (χ0) is 12.7. The monoisotopic (exact) mass is 246 g/mol. The van der Waals surface area contributed by atoms with Gasteiger partial charge in [-0.25, -0.2) is 4.98 Å². The fraction of sp³-hybridized carbons (Fsp3) is 0. The standard InChI is InChI=1S/C15H10N4/c1-2-4-12-11(3-1)15(19-18-12)13-6-5-10-7-8-16-9-14(10)17-13/h1-9H,(H,18,19). The molecule has 90 valence electrons. The van der Waals surface area contributed by atoms with E-state index >= 15 is 0 Å². The Kier molecular flexibility index (Phi) is 2.08. The molecule has 4 heteroatoms. The molecule has 4 rings (SSSR count). The Labute approximate surface area is 109 Å². The largest absolute Gasteiger partial charge is 0.277 e. The first-order valence-corrected chi connectivity index (χ1v) is 6.06. The van der Waals surface area contributed by atoms with E-state index in [1.807, 2.05) is 42.5 Å². The van der Waals surface area contributed by atoms with Crippen molar-refractivity contribution in [2.75, 3.05) is 0 Å². The van der Waals surface area contributed by atoms with Crippen molar-refractivity contribution in [1.82, 2.24) is 20.2 Å². The number of hydrogen-bond acceptors (Lipinski definition) is 3. The van der Waals surface area contributed by atoms with Crippen LogP contribution in [0.2, 0.25) is 0 Å². The molecule has 0 radical (unpaired) electrons. The van der Waals surface area contributed by atoms with Crippen LogP contribution in [0.25, 0.3) is 33.2 Å². The Morgan fingerprint density at radius 3 is 2.89 bits per heavy atom. The summed E-state index contributed by atoms with van der Waals surface area (Å²) in [7, 11) is 0. The first-order valence-electron chi connectivity index (χ1n) is 6.06. The number of fused-ring (bicyclic) bond motifs is 2. The maximum absolute atomic E-state index is 4.62. The molecule has 0 aliphatic carbocycles. The van der Waals surface area contributed by atoms with Crippen molar-refractivity contribution in [3.05, 3.63) is 54.9 Å². The van der Waals surface area contributed by atoms with Gasteiger partial charge < -0.3 is 0 Å². The highest BCUT2D eigenvalue weighted by Gasteiger charge is 2.09. The highest BCUT2D eigenvalue weighted by Crippen LogP contribution is 2.25. The third-order valence-electron chi connectivity index (χ3n) is 3.21. The summed E-state index contributed by atoms with van der Waals surface area (Å²) in [6.07, 6.45) is 3.54. The fourth-order valence-electron chi connectivity index (χ4n) is 2.26. The number of aromatic nitrogens is 4. The second-order valence-corrected chi connectivity index (χ2v) is 4.38. The molecular formula is C15H10N4. The fourth-order valence-corrected chi connectivity index (χ4v) is 2.26. The molecule has 19 heavy (non-hydrogen) atoms. The summed E-state index contributed by atoms with van der Waals surface area (Å²) in [5.74, 6) is 0. The SMILES string of the molecule is c1ccc2c(-c3ccc4ccncc4n3)n[nH]c2c1. The van der Waals surface area contributed by atoms with Gasteiger partial charge in [0.05, 0.1) is 22.9 Å². The van der Waals surface area contributed by atoms with Crippen LogP contribution in [0, 0.1) is 0 Å². The van der Waals surface area contributed by atoms with Crippen LogP contribution in [-0.4, -0.2) is 20.2 Å². The van der Waals surface area contributed by atoms with Crippen LogP contribution in [0.5, 0.6) is 0 Å². The number of aromatic amines is 1. The van der Waals surface area contributed by atoms with E-state index in [4.69, 9.17) is 0 Å². The lowest BCUT2D eigenvalue weighted by molar-refractivity contribution is 1.11. The van der Waals surface area contributed by atoms with Gasteiger partial charge in [0.1, 0.15) is 5.69 Å². The van der Waals surface area contributed by atoms with Crippen molar-refractivity contribution < 1.29 is 0 Å². The van der Waals surface area contributed by atoms with Gasteiger partial charge in [0.25, 0.3) is 0 Å². The maximum atomic E-state index is 4.62. The zero-order valence-corrected chi connectivity index (χ0v) is 10.0. The third kappa shape index (κ3) is 1.57. The predicted octanol–water partition coefficient (Wildman–Crippen LogP) is 3.17. The van der Waals surface area contributed by atoms with E-state index in [2.05, 4.69) is 20.2 Å². The normalized spacial score (nSPS) is 11.2. The van der Waals surface area contributed by atoms with Crippen LogP contribution in [0.15, 0.2) is 54.9 Å². The summed E-state index contributed by atoms with van der Waals surface area (Å²) < 4.78 is 0. The number of pyridine rings is 2. The first-order chi connectivity index (χ1) is 9.42. The van der Waals surface area contributed by atoms with E-state index in [1.54, 1.807) is 12.4 Å². The molecule has 0 saturated heterocycles. The molecule has 4 aromatic rings. The molecule has 0 aliphatic rings. The van der Waals surface area contributed by atoms with Crippen molar-refractivity contribution in [1.29, 1.82) is 0 Å². The third-order valence-corrected chi connectivity index (χ3v) is 3.21. The smallest absolute Gasteiger partial charge is 0.118 e. The van der Waals surface area contributed by atoms with E-state index in [0.717, 1.165) is 33.2 Å². The Balaban J connectivity index is 1.99. The van der Waals surface area contributed by atoms with Crippen LogP contribution in [0.3, 0.4) is 0 Å². The Hall–Kier alpha value is -2.75. The van der Waals surface area contributed by atoms with E-state index in [-0.39, 0.29) is 0 Å². The topological polar surface area (TPSA) is 54.5 Å². The van der Waals surface area contributed by atoms with Gasteiger partial charge in [0.2, 0.25) is 0 Å². The molecule has 0 aliphatic heterocycles. The van der Waals surface area contributed by atoms with Gasteiger partial charge in [-0.15, -0.1) is 0 Å². The van der Waals surface area contributed by atoms with Gasteiger partial charge >= 0.3 is 0 Å². The summed E-state index contributed by atoms with van der Waals surface area (Å²) in [6.45, 7) is 0. The van der Waals surface area contributed by atoms with Crippen molar-refractivity contribution >= 4 is 21.8 Å². The van der Waals surface area contributed by atoms with Crippen LogP contribution in [0.4, 0.5) is 0 Å². The van der Waals surface area contributed by atoms with Crippen LogP contribution < -0.4 is 0 Å². The molecule has 0 spiro atoms. The summed E-state index contributed by atoms with van der Waals surface area (Å²) in [5, 5.41) is 9.56. The number of H-pyrrole nitrogens is 1. The summed E-state index contributed by atoms with van der Waals surface area (Å²) in [4.78, 5) is 8.73. The van der Waals surface area contributed by atoms with Crippen LogP contribution >= 0.6 is 0 Å². The minimum atomic E-state index is 0.859. The van der Waals surface area contributed by atoms with Crippen LogP contribution in [0.1, 0.15) is 0 Å².